The molecule has 0 atom stereocenters. The lowest BCUT2D eigenvalue weighted by Gasteiger charge is -2.03. The van der Waals surface area contributed by atoms with Crippen LogP contribution in [0.2, 0.25) is 5.02 Å². The molecule has 0 bridgehead atoms. The van der Waals surface area contributed by atoms with Crippen molar-refractivity contribution >= 4 is 17.6 Å². The summed E-state index contributed by atoms with van der Waals surface area (Å²) in [6.45, 7) is 0.0639. The van der Waals surface area contributed by atoms with Crippen molar-refractivity contribution < 1.29 is 14.7 Å². The van der Waals surface area contributed by atoms with E-state index in [4.69, 9.17) is 21.5 Å². The molecule has 4 nitrogen and oxygen atoms in total. The van der Waals surface area contributed by atoms with E-state index >= 15 is 0 Å². The highest BCUT2D eigenvalue weighted by molar-refractivity contribution is 6.30. The summed E-state index contributed by atoms with van der Waals surface area (Å²) in [6, 6.07) is 7.16. The summed E-state index contributed by atoms with van der Waals surface area (Å²) in [6.07, 6.45) is 0. The van der Waals surface area contributed by atoms with E-state index < -0.39 is 5.97 Å². The summed E-state index contributed by atoms with van der Waals surface area (Å²) in [7, 11) is 0. The summed E-state index contributed by atoms with van der Waals surface area (Å²) in [4.78, 5) is 15.0. The molecule has 76 valence electrons. The Morgan fingerprint density at radius 1 is 1.57 bits per heavy atom. The second-order valence-electron chi connectivity index (χ2n) is 2.63. The fourth-order valence-corrected chi connectivity index (χ4v) is 1.09. The molecule has 0 heterocycles. The van der Waals surface area contributed by atoms with Crippen LogP contribution in [0.5, 0.6) is 0 Å². The van der Waals surface area contributed by atoms with Crippen LogP contribution in [0.25, 0.3) is 0 Å². The molecule has 14 heavy (non-hydrogen) atoms. The summed E-state index contributed by atoms with van der Waals surface area (Å²) in [5, 5.41) is 8.92. The molecule has 1 aromatic rings. The molecule has 0 amide bonds. The maximum Gasteiger partial charge on any atom is 0.319 e. The zero-order valence-corrected chi connectivity index (χ0v) is 8.12. The Kier molecular flexibility index (Phi) is 4.39. The number of halogens is 1. The number of rotatable bonds is 5. The van der Waals surface area contributed by atoms with Gasteiger partial charge in [-0.05, 0) is 17.7 Å². The van der Waals surface area contributed by atoms with Gasteiger partial charge in [0, 0.05) is 5.02 Å². The zero-order valence-electron chi connectivity index (χ0n) is 7.37. The fourth-order valence-electron chi connectivity index (χ4n) is 0.874. The average molecular weight is 216 g/mol. The third kappa shape index (κ3) is 4.23. The van der Waals surface area contributed by atoms with Crippen molar-refractivity contribution in [1.82, 2.24) is 5.48 Å². The molecule has 1 rings (SSSR count). The molecule has 0 radical (unpaired) electrons. The molecule has 0 fully saturated rings. The Labute approximate surface area is 86.4 Å². The third-order valence-corrected chi connectivity index (χ3v) is 1.69. The third-order valence-electron chi connectivity index (χ3n) is 1.45. The summed E-state index contributed by atoms with van der Waals surface area (Å²) >= 11 is 5.74. The maximum absolute atomic E-state index is 10.1. The number of hydrogen-bond acceptors (Lipinski definition) is 3. The van der Waals surface area contributed by atoms with E-state index in [2.05, 4.69) is 5.48 Å². The SMILES string of the molecule is O=C(O)CNOCc1cccc(Cl)c1. The van der Waals surface area contributed by atoms with Crippen LogP contribution in [0.15, 0.2) is 24.3 Å². The van der Waals surface area contributed by atoms with Crippen molar-refractivity contribution in [3.63, 3.8) is 0 Å². The number of carbonyl (C=O) groups is 1. The number of nitrogens with one attached hydrogen (secondary N) is 1. The van der Waals surface area contributed by atoms with Gasteiger partial charge in [0.15, 0.2) is 0 Å². The lowest BCUT2D eigenvalue weighted by atomic mass is 10.2. The van der Waals surface area contributed by atoms with Crippen LogP contribution < -0.4 is 5.48 Å². The second-order valence-corrected chi connectivity index (χ2v) is 3.07. The van der Waals surface area contributed by atoms with E-state index in [1.165, 1.54) is 0 Å². The van der Waals surface area contributed by atoms with Gasteiger partial charge in [0.05, 0.1) is 6.61 Å². The first kappa shape index (κ1) is 11.0. The molecule has 2 N–H and O–H groups in total. The lowest BCUT2D eigenvalue weighted by molar-refractivity contribution is -0.139. The van der Waals surface area contributed by atoms with Gasteiger partial charge in [0.2, 0.25) is 0 Å². The van der Waals surface area contributed by atoms with Crippen molar-refractivity contribution in [3.8, 4) is 0 Å². The van der Waals surface area contributed by atoms with Crippen LogP contribution in [0.3, 0.4) is 0 Å². The number of carboxylic acids is 1. The topological polar surface area (TPSA) is 58.6 Å². The van der Waals surface area contributed by atoms with E-state index in [-0.39, 0.29) is 13.2 Å². The highest BCUT2D eigenvalue weighted by Crippen LogP contribution is 2.10. The molecule has 0 saturated carbocycles. The van der Waals surface area contributed by atoms with Crippen molar-refractivity contribution in [2.24, 2.45) is 0 Å². The molecule has 0 aliphatic carbocycles. The van der Waals surface area contributed by atoms with Gasteiger partial charge in [-0.1, -0.05) is 23.7 Å². The number of hydrogen-bond donors (Lipinski definition) is 2. The minimum atomic E-state index is -0.962. The number of hydroxylamine groups is 1. The number of aliphatic carboxylic acids is 1. The Balaban J connectivity index is 2.28. The smallest absolute Gasteiger partial charge is 0.319 e. The average Bonchev–Trinajstić information content (AvgIpc) is 2.12. The van der Waals surface area contributed by atoms with E-state index in [1.54, 1.807) is 18.2 Å². The summed E-state index contributed by atoms with van der Waals surface area (Å²) in [5.41, 5.74) is 3.19. The molecule has 5 heteroatoms. The molecule has 0 aliphatic rings. The quantitative estimate of drug-likeness (QED) is 0.577. The highest BCUT2D eigenvalue weighted by Gasteiger charge is 1.96. The minimum absolute atomic E-state index is 0.222. The molecular weight excluding hydrogens is 206 g/mol. The van der Waals surface area contributed by atoms with Gasteiger partial charge in [-0.25, -0.2) is 0 Å². The van der Waals surface area contributed by atoms with E-state index in [1.807, 2.05) is 6.07 Å². The van der Waals surface area contributed by atoms with Crippen LogP contribution in [0, 0.1) is 0 Å². The van der Waals surface area contributed by atoms with Gasteiger partial charge in [0.1, 0.15) is 6.54 Å². The van der Waals surface area contributed by atoms with Crippen molar-refractivity contribution in [2.75, 3.05) is 6.54 Å². The van der Waals surface area contributed by atoms with Crippen LogP contribution >= 0.6 is 11.6 Å². The second kappa shape index (κ2) is 5.59. The van der Waals surface area contributed by atoms with Gasteiger partial charge in [-0.15, -0.1) is 0 Å². The molecule has 1 aromatic carbocycles. The number of benzene rings is 1. The highest BCUT2D eigenvalue weighted by atomic mass is 35.5. The minimum Gasteiger partial charge on any atom is -0.480 e. The van der Waals surface area contributed by atoms with Gasteiger partial charge in [-0.2, -0.15) is 5.48 Å². The van der Waals surface area contributed by atoms with E-state index in [0.717, 1.165) is 5.56 Å². The van der Waals surface area contributed by atoms with Gasteiger partial charge in [-0.3, -0.25) is 9.63 Å². The monoisotopic (exact) mass is 215 g/mol. The molecule has 0 unspecified atom stereocenters. The van der Waals surface area contributed by atoms with Gasteiger partial charge >= 0.3 is 5.97 Å². The van der Waals surface area contributed by atoms with Gasteiger partial charge in [0.25, 0.3) is 0 Å². The van der Waals surface area contributed by atoms with Crippen LogP contribution in [0.4, 0.5) is 0 Å². The largest absolute Gasteiger partial charge is 0.480 e. The summed E-state index contributed by atoms with van der Waals surface area (Å²) < 4.78 is 0. The standard InChI is InChI=1S/C9H10ClNO3/c10-8-3-1-2-7(4-8)6-14-11-5-9(12)13/h1-4,11H,5-6H2,(H,12,13). The van der Waals surface area contributed by atoms with Crippen LogP contribution in [0.1, 0.15) is 5.56 Å². The fraction of sp³-hybridized carbons (Fsp3) is 0.222. The zero-order chi connectivity index (χ0) is 10.4. The van der Waals surface area contributed by atoms with Crippen molar-refractivity contribution in [1.29, 1.82) is 0 Å². The first-order valence-electron chi connectivity index (χ1n) is 3.99. The van der Waals surface area contributed by atoms with Crippen molar-refractivity contribution in [2.45, 2.75) is 6.61 Å². The first-order valence-corrected chi connectivity index (χ1v) is 4.37. The number of carboxylic acid groups (broad SMARTS) is 1. The molecule has 0 aliphatic heterocycles. The van der Waals surface area contributed by atoms with Gasteiger partial charge < -0.3 is 5.11 Å². The lowest BCUT2D eigenvalue weighted by Crippen LogP contribution is -2.22. The predicted octanol–water partition coefficient (Wildman–Crippen LogP) is 1.45. The molecule has 0 saturated heterocycles. The van der Waals surface area contributed by atoms with Crippen LogP contribution in [-0.4, -0.2) is 17.6 Å². The molecule has 0 spiro atoms. The van der Waals surface area contributed by atoms with E-state index in [0.29, 0.717) is 5.02 Å². The Bertz CT molecular complexity index is 317. The Morgan fingerprint density at radius 2 is 2.36 bits per heavy atom. The maximum atomic E-state index is 10.1. The Hall–Kier alpha value is -1.10. The van der Waals surface area contributed by atoms with Crippen LogP contribution in [-0.2, 0) is 16.2 Å². The normalized spacial score (nSPS) is 10.1. The first-order chi connectivity index (χ1) is 6.68. The van der Waals surface area contributed by atoms with Crippen molar-refractivity contribution in [3.05, 3.63) is 34.9 Å². The Morgan fingerprint density at radius 3 is 3.00 bits per heavy atom. The summed E-state index contributed by atoms with van der Waals surface area (Å²) in [5.74, 6) is -0.962. The molecule has 0 aromatic heterocycles. The van der Waals surface area contributed by atoms with E-state index in [9.17, 15) is 4.79 Å². The predicted molar refractivity (Wildman–Crippen MR) is 51.9 cm³/mol. The molecular formula is C9H10ClNO3.